The van der Waals surface area contributed by atoms with Gasteiger partial charge in [0.1, 0.15) is 0 Å². The first-order chi connectivity index (χ1) is 8.54. The van der Waals surface area contributed by atoms with Crippen molar-refractivity contribution >= 4 is 10.0 Å². The number of aromatic nitrogens is 2. The minimum Gasteiger partial charge on any atom is -0.299 e. The summed E-state index contributed by atoms with van der Waals surface area (Å²) < 4.78 is 23.7. The molecule has 0 aromatic carbocycles. The van der Waals surface area contributed by atoms with Gasteiger partial charge in [-0.15, -0.1) is 0 Å². The molecule has 1 atom stereocenters. The first-order valence-corrected chi connectivity index (χ1v) is 7.98. The van der Waals surface area contributed by atoms with Crippen molar-refractivity contribution in [3.05, 3.63) is 18.5 Å². The number of sulfonamides is 1. The van der Waals surface area contributed by atoms with Crippen LogP contribution in [0.5, 0.6) is 0 Å². The third kappa shape index (κ3) is 4.08. The van der Waals surface area contributed by atoms with Gasteiger partial charge in [-0.25, -0.2) is 13.6 Å². The quantitative estimate of drug-likeness (QED) is 0.792. The van der Waals surface area contributed by atoms with Crippen LogP contribution in [-0.4, -0.2) is 48.0 Å². The molecule has 0 spiro atoms. The number of hydrogen-bond donors (Lipinski definition) is 1. The van der Waals surface area contributed by atoms with Crippen molar-refractivity contribution in [2.45, 2.75) is 31.8 Å². The highest BCUT2D eigenvalue weighted by Gasteiger charge is 2.24. The van der Waals surface area contributed by atoms with Crippen molar-refractivity contribution in [1.82, 2.24) is 14.7 Å². The van der Waals surface area contributed by atoms with Gasteiger partial charge in [-0.1, -0.05) is 0 Å². The summed E-state index contributed by atoms with van der Waals surface area (Å²) in [6.45, 7) is 2.71. The SMILES string of the molecule is NS(=O)(=O)CCCN1CCCC1Cn1cccn1. The van der Waals surface area contributed by atoms with Crippen molar-refractivity contribution in [3.63, 3.8) is 0 Å². The fraction of sp³-hybridized carbons (Fsp3) is 0.727. The van der Waals surface area contributed by atoms with Crippen molar-refractivity contribution in [1.29, 1.82) is 0 Å². The second kappa shape index (κ2) is 5.81. The number of primary sulfonamides is 1. The maximum absolute atomic E-state index is 10.9. The predicted molar refractivity (Wildman–Crippen MR) is 69.4 cm³/mol. The summed E-state index contributed by atoms with van der Waals surface area (Å²) in [4.78, 5) is 2.34. The molecule has 2 N–H and O–H groups in total. The Bertz CT molecular complexity index is 457. The number of likely N-dealkylation sites (tertiary alicyclic amines) is 1. The molecule has 1 fully saturated rings. The largest absolute Gasteiger partial charge is 0.299 e. The van der Waals surface area contributed by atoms with Crippen LogP contribution in [0.25, 0.3) is 0 Å². The lowest BCUT2D eigenvalue weighted by Crippen LogP contribution is -2.35. The van der Waals surface area contributed by atoms with Crippen molar-refractivity contribution in [2.24, 2.45) is 5.14 Å². The zero-order valence-corrected chi connectivity index (χ0v) is 11.2. The monoisotopic (exact) mass is 272 g/mol. The van der Waals surface area contributed by atoms with E-state index in [9.17, 15) is 8.42 Å². The van der Waals surface area contributed by atoms with Gasteiger partial charge in [-0.05, 0) is 38.4 Å². The molecule has 1 aliphatic heterocycles. The number of rotatable bonds is 6. The zero-order valence-electron chi connectivity index (χ0n) is 10.4. The molecule has 0 aliphatic carbocycles. The molecule has 2 rings (SSSR count). The summed E-state index contributed by atoms with van der Waals surface area (Å²) in [6.07, 6.45) is 6.66. The van der Waals surface area contributed by atoms with Crippen LogP contribution in [-0.2, 0) is 16.6 Å². The Labute approximate surface area is 108 Å². The molecule has 2 heterocycles. The number of nitrogens with zero attached hydrogens (tertiary/aromatic N) is 3. The highest BCUT2D eigenvalue weighted by molar-refractivity contribution is 7.89. The van der Waals surface area contributed by atoms with Gasteiger partial charge in [0.25, 0.3) is 0 Å². The zero-order chi connectivity index (χ0) is 13.0. The molecular weight excluding hydrogens is 252 g/mol. The van der Waals surface area contributed by atoms with E-state index in [-0.39, 0.29) is 5.75 Å². The van der Waals surface area contributed by atoms with Crippen LogP contribution in [0.1, 0.15) is 19.3 Å². The number of nitrogens with two attached hydrogens (primary N) is 1. The number of hydrogen-bond acceptors (Lipinski definition) is 4. The summed E-state index contributed by atoms with van der Waals surface area (Å²) >= 11 is 0. The third-order valence-corrected chi connectivity index (χ3v) is 4.19. The standard InChI is InChI=1S/C11H20N4O2S/c12-18(16,17)9-3-7-14-6-1-4-11(14)10-15-8-2-5-13-15/h2,5,8,11H,1,3-4,6-7,9-10H2,(H2,12,16,17). The molecule has 0 bridgehead atoms. The van der Waals surface area contributed by atoms with Crippen LogP contribution in [0.3, 0.4) is 0 Å². The first-order valence-electron chi connectivity index (χ1n) is 6.26. The molecule has 1 saturated heterocycles. The Morgan fingerprint density at radius 1 is 1.44 bits per heavy atom. The first kappa shape index (κ1) is 13.5. The maximum atomic E-state index is 10.9. The van der Waals surface area contributed by atoms with Crippen LogP contribution < -0.4 is 5.14 Å². The molecule has 0 amide bonds. The van der Waals surface area contributed by atoms with Gasteiger partial charge in [0.05, 0.1) is 12.3 Å². The van der Waals surface area contributed by atoms with Gasteiger partial charge in [0.2, 0.25) is 10.0 Å². The normalized spacial score (nSPS) is 21.5. The highest BCUT2D eigenvalue weighted by Crippen LogP contribution is 2.18. The fourth-order valence-electron chi connectivity index (χ4n) is 2.49. The molecule has 102 valence electrons. The summed E-state index contributed by atoms with van der Waals surface area (Å²) in [5.41, 5.74) is 0. The lowest BCUT2D eigenvalue weighted by atomic mass is 10.2. The van der Waals surface area contributed by atoms with Crippen molar-refractivity contribution < 1.29 is 8.42 Å². The summed E-state index contributed by atoms with van der Waals surface area (Å²) in [6, 6.07) is 2.38. The van der Waals surface area contributed by atoms with Gasteiger partial charge >= 0.3 is 0 Å². The molecule has 7 heteroatoms. The Kier molecular flexibility index (Phi) is 4.36. The molecule has 0 saturated carbocycles. The summed E-state index contributed by atoms with van der Waals surface area (Å²) in [5, 5.41) is 9.21. The van der Waals surface area contributed by atoms with E-state index in [0.717, 1.165) is 26.1 Å². The fourth-order valence-corrected chi connectivity index (χ4v) is 3.02. The van der Waals surface area contributed by atoms with E-state index in [0.29, 0.717) is 12.5 Å². The van der Waals surface area contributed by atoms with Gasteiger partial charge in [-0.3, -0.25) is 9.58 Å². The van der Waals surface area contributed by atoms with E-state index in [1.165, 1.54) is 6.42 Å². The second-order valence-corrected chi connectivity index (χ2v) is 6.51. The maximum Gasteiger partial charge on any atom is 0.209 e. The molecule has 18 heavy (non-hydrogen) atoms. The van der Waals surface area contributed by atoms with Crippen molar-refractivity contribution in [3.8, 4) is 0 Å². The molecule has 6 nitrogen and oxygen atoms in total. The molecule has 1 unspecified atom stereocenters. The van der Waals surface area contributed by atoms with Gasteiger partial charge in [0, 0.05) is 18.4 Å². The van der Waals surface area contributed by atoms with E-state index in [1.54, 1.807) is 6.20 Å². The van der Waals surface area contributed by atoms with Crippen molar-refractivity contribution in [2.75, 3.05) is 18.8 Å². The highest BCUT2D eigenvalue weighted by atomic mass is 32.2. The van der Waals surface area contributed by atoms with Crippen LogP contribution in [0, 0.1) is 0 Å². The predicted octanol–water partition coefficient (Wildman–Crippen LogP) is 0.0261. The Hall–Kier alpha value is -0.920. The summed E-state index contributed by atoms with van der Waals surface area (Å²) in [7, 11) is -3.33. The molecule has 1 aromatic heterocycles. The van der Waals surface area contributed by atoms with E-state index in [4.69, 9.17) is 5.14 Å². The van der Waals surface area contributed by atoms with E-state index < -0.39 is 10.0 Å². The summed E-state index contributed by atoms with van der Waals surface area (Å²) in [5.74, 6) is 0.0675. The lowest BCUT2D eigenvalue weighted by Gasteiger charge is -2.24. The van der Waals surface area contributed by atoms with Gasteiger partial charge in [-0.2, -0.15) is 5.10 Å². The van der Waals surface area contributed by atoms with Crippen LogP contribution in [0.2, 0.25) is 0 Å². The van der Waals surface area contributed by atoms with Gasteiger partial charge < -0.3 is 0 Å². The third-order valence-electron chi connectivity index (χ3n) is 3.33. The van der Waals surface area contributed by atoms with Crippen LogP contribution in [0.15, 0.2) is 18.5 Å². The van der Waals surface area contributed by atoms with E-state index in [2.05, 4.69) is 10.00 Å². The lowest BCUT2D eigenvalue weighted by molar-refractivity contribution is 0.228. The Morgan fingerprint density at radius 2 is 2.28 bits per heavy atom. The molecular formula is C11H20N4O2S. The van der Waals surface area contributed by atoms with Crippen LogP contribution >= 0.6 is 0 Å². The van der Waals surface area contributed by atoms with E-state index in [1.807, 2.05) is 16.9 Å². The molecule has 1 aliphatic rings. The van der Waals surface area contributed by atoms with Gasteiger partial charge in [0.15, 0.2) is 0 Å². The Morgan fingerprint density at radius 3 is 2.94 bits per heavy atom. The second-order valence-electron chi connectivity index (χ2n) is 4.78. The minimum absolute atomic E-state index is 0.0675. The smallest absolute Gasteiger partial charge is 0.209 e. The minimum atomic E-state index is -3.33. The Balaban J connectivity index is 1.80. The molecule has 1 aromatic rings. The molecule has 0 radical (unpaired) electrons. The van der Waals surface area contributed by atoms with E-state index >= 15 is 0 Å². The average Bonchev–Trinajstić information content (AvgIpc) is 2.90. The van der Waals surface area contributed by atoms with Crippen LogP contribution in [0.4, 0.5) is 0 Å². The topological polar surface area (TPSA) is 81.2 Å². The average molecular weight is 272 g/mol.